The summed E-state index contributed by atoms with van der Waals surface area (Å²) >= 11 is 0. The maximum absolute atomic E-state index is 14.8. The molecule has 0 radical (unpaired) electrons. The van der Waals surface area contributed by atoms with Gasteiger partial charge in [-0.3, -0.25) is 53.6 Å². The van der Waals surface area contributed by atoms with E-state index < -0.39 is 127 Å². The van der Waals surface area contributed by atoms with Crippen molar-refractivity contribution in [2.45, 2.75) is 167 Å². The number of hydrogen-bond donors (Lipinski definition) is 8. The molecule has 8 N–H and O–H groups in total. The van der Waals surface area contributed by atoms with Crippen LogP contribution in [0.5, 0.6) is 0 Å². The number of aliphatic hydroxyl groups excluding tert-OH is 3. The Morgan fingerprint density at radius 1 is 0.646 bits per heavy atom. The molecule has 4 rings (SSSR count). The summed E-state index contributed by atoms with van der Waals surface area (Å²) in [7, 11) is 7.30. The fraction of sp³-hybridized carbons (Fsp3) is 0.649. The highest BCUT2D eigenvalue weighted by atomic mass is 16.3. The van der Waals surface area contributed by atoms with E-state index in [1.54, 1.807) is 45.0 Å². The second-order valence-corrected chi connectivity index (χ2v) is 22.2. The minimum absolute atomic E-state index is 0.0270. The minimum atomic E-state index is -1.52. The Labute approximate surface area is 467 Å². The third kappa shape index (κ3) is 17.2. The zero-order valence-electron chi connectivity index (χ0n) is 48.7. The Kier molecular flexibility index (Phi) is 25.3. The van der Waals surface area contributed by atoms with Crippen molar-refractivity contribution in [2.24, 2.45) is 17.8 Å². The molecule has 2 aromatic carbocycles. The van der Waals surface area contributed by atoms with Crippen LogP contribution in [-0.2, 0) is 51.2 Å². The first-order chi connectivity index (χ1) is 37.3. The third-order valence-electron chi connectivity index (χ3n) is 15.7. The van der Waals surface area contributed by atoms with Crippen LogP contribution < -0.4 is 26.7 Å². The topological polar surface area (TPSA) is 277 Å². The molecule has 2 saturated heterocycles. The van der Waals surface area contributed by atoms with Gasteiger partial charge in [0, 0.05) is 54.1 Å². The number of nitrogens with one attached hydrogen (secondary N) is 5. The van der Waals surface area contributed by atoms with Gasteiger partial charge in [-0.2, -0.15) is 0 Å². The lowest BCUT2D eigenvalue weighted by molar-refractivity contribution is -0.163. The Morgan fingerprint density at radius 3 is 1.75 bits per heavy atom. The van der Waals surface area contributed by atoms with Crippen molar-refractivity contribution in [2.75, 3.05) is 54.9 Å². The second kappa shape index (κ2) is 30.5. The molecule has 2 fully saturated rings. The summed E-state index contributed by atoms with van der Waals surface area (Å²) in [5.41, 5.74) is 4.50. The first-order valence-electron chi connectivity index (χ1n) is 27.8. The van der Waals surface area contributed by atoms with Crippen LogP contribution >= 0.6 is 0 Å². The molecule has 0 bridgehead atoms. The lowest BCUT2D eigenvalue weighted by atomic mass is 9.95. The van der Waals surface area contributed by atoms with Gasteiger partial charge in [-0.15, -0.1) is 0 Å². The molecule has 22 nitrogen and oxygen atoms in total. The van der Waals surface area contributed by atoms with Gasteiger partial charge in [0.25, 0.3) is 5.91 Å². The Morgan fingerprint density at radius 2 is 1.20 bits per heavy atom. The highest BCUT2D eigenvalue weighted by Crippen LogP contribution is 2.24. The summed E-state index contributed by atoms with van der Waals surface area (Å²) < 4.78 is 0. The summed E-state index contributed by atoms with van der Waals surface area (Å²) in [5.74, 6) is -5.83. The maximum Gasteiger partial charge on any atom is 0.262 e. The van der Waals surface area contributed by atoms with Crippen LogP contribution in [0, 0.1) is 17.8 Å². The first kappa shape index (κ1) is 65.5. The van der Waals surface area contributed by atoms with Crippen LogP contribution in [0.15, 0.2) is 60.7 Å². The van der Waals surface area contributed by atoms with Crippen LogP contribution in [0.25, 0.3) is 0 Å². The predicted molar refractivity (Wildman–Crippen MR) is 299 cm³/mol. The quantitative estimate of drug-likeness (QED) is 0.161. The van der Waals surface area contributed by atoms with Crippen molar-refractivity contribution < 1.29 is 53.7 Å². The number of hydrogen-bond acceptors (Lipinski definition) is 14. The van der Waals surface area contributed by atoms with Crippen LogP contribution in [0.1, 0.15) is 98.6 Å². The van der Waals surface area contributed by atoms with E-state index in [2.05, 4.69) is 26.7 Å². The zero-order chi connectivity index (χ0) is 59.0. The van der Waals surface area contributed by atoms with Gasteiger partial charge in [0.05, 0.1) is 30.8 Å². The molecule has 2 heterocycles. The molecule has 2 aliphatic rings. The number of rotatable bonds is 10. The molecule has 0 aromatic heterocycles. The molecule has 12 unspecified atom stereocenters. The van der Waals surface area contributed by atoms with E-state index in [4.69, 9.17) is 0 Å². The standard InChI is InChI=1S/C57H91N11O11/c1-14-36(6)47-57(79)63(9)38(8)49(71)58-29-27-46(70)67(13)48(35(4)5)52(74)60-37(7)53(75)64(10)43(31-39-22-17-15-18-23-39)50(72)61-41(30-34(2)3)54(76)66(12)45(33-69)56(78)68-42(26-21-28-59-68)55(77)65(11)44(51(73)62-47)32-40-24-19-16-20-25-40/h15-20,22-25,34-38,41-45,47-48,52,55,59-60,69,74,77H,14,21,26-33H2,1-13H3,(H,58,71)(H,61,72)(H,62,73). The van der Waals surface area contributed by atoms with Crippen molar-refractivity contribution >= 4 is 47.3 Å². The van der Waals surface area contributed by atoms with Gasteiger partial charge in [0.2, 0.25) is 41.4 Å². The number of amides is 8. The van der Waals surface area contributed by atoms with Crippen molar-refractivity contribution in [3.05, 3.63) is 71.8 Å². The molecule has 12 atom stereocenters. The van der Waals surface area contributed by atoms with Crippen molar-refractivity contribution in [3.8, 4) is 0 Å². The molecular weight excluding hydrogens is 1010 g/mol. The van der Waals surface area contributed by atoms with E-state index in [0.717, 1.165) is 10.5 Å². The van der Waals surface area contributed by atoms with Crippen LogP contribution in [0.2, 0.25) is 0 Å². The Hall–Kier alpha value is -6.04. The molecule has 440 valence electrons. The van der Waals surface area contributed by atoms with Gasteiger partial charge in [0.15, 0.2) is 0 Å². The van der Waals surface area contributed by atoms with E-state index in [0.29, 0.717) is 24.9 Å². The average Bonchev–Trinajstić information content (AvgIpc) is 3.44. The smallest absolute Gasteiger partial charge is 0.262 e. The highest BCUT2D eigenvalue weighted by Gasteiger charge is 2.44. The van der Waals surface area contributed by atoms with Gasteiger partial charge >= 0.3 is 0 Å². The fourth-order valence-corrected chi connectivity index (χ4v) is 10.3. The second-order valence-electron chi connectivity index (χ2n) is 22.2. The SMILES string of the molecule is CCC(C)C1NC(=O)C(Cc2ccccc2)N(C)C(O)C2CCCNN2C(=O)C(CO)N(C)C(=O)C(CC(C)C)NC(=O)C(Cc2ccccc2)N(C)C(=O)C(C)NC(O)C(C(C)C)N(C)C(=O)CCNC(=O)C(C)N(C)C1=O. The van der Waals surface area contributed by atoms with Crippen molar-refractivity contribution in [3.63, 3.8) is 0 Å². The average molecular weight is 1110 g/mol. The highest BCUT2D eigenvalue weighted by molar-refractivity contribution is 5.95. The largest absolute Gasteiger partial charge is 0.394 e. The molecule has 79 heavy (non-hydrogen) atoms. The summed E-state index contributed by atoms with van der Waals surface area (Å²) in [5, 5.41) is 47.7. The number of likely N-dealkylation sites (N-methyl/N-ethyl adjacent to an activating group) is 5. The van der Waals surface area contributed by atoms with Crippen molar-refractivity contribution in [1.29, 1.82) is 0 Å². The Balaban J connectivity index is 1.83. The molecule has 2 aliphatic heterocycles. The van der Waals surface area contributed by atoms with E-state index in [-0.39, 0.29) is 50.5 Å². The molecule has 0 aliphatic carbocycles. The van der Waals surface area contributed by atoms with Crippen LogP contribution in [0.3, 0.4) is 0 Å². The third-order valence-corrected chi connectivity index (χ3v) is 15.7. The van der Waals surface area contributed by atoms with Gasteiger partial charge in [-0.05, 0) is 75.5 Å². The van der Waals surface area contributed by atoms with Gasteiger partial charge in [-0.1, -0.05) is 109 Å². The lowest BCUT2D eigenvalue weighted by Crippen LogP contribution is -2.67. The van der Waals surface area contributed by atoms with Gasteiger partial charge in [0.1, 0.15) is 42.7 Å². The van der Waals surface area contributed by atoms with E-state index in [9.17, 15) is 53.7 Å². The number of aliphatic hydroxyl groups is 3. The maximum atomic E-state index is 14.8. The molecule has 8 amide bonds. The van der Waals surface area contributed by atoms with Gasteiger partial charge < -0.3 is 50.9 Å². The summed E-state index contributed by atoms with van der Waals surface area (Å²) in [4.78, 5) is 122. The van der Waals surface area contributed by atoms with Crippen LogP contribution in [-0.4, -0.2) is 214 Å². The van der Waals surface area contributed by atoms with E-state index in [1.807, 2.05) is 57.2 Å². The zero-order valence-corrected chi connectivity index (χ0v) is 48.7. The monoisotopic (exact) mass is 1110 g/mol. The molecular formula is C57H91N11O11. The van der Waals surface area contributed by atoms with E-state index in [1.165, 1.54) is 73.7 Å². The molecule has 0 spiro atoms. The summed E-state index contributed by atoms with van der Waals surface area (Å²) in [6.07, 6.45) is -1.74. The molecule has 22 heteroatoms. The van der Waals surface area contributed by atoms with Crippen molar-refractivity contribution in [1.82, 2.24) is 56.2 Å². The molecule has 0 saturated carbocycles. The minimum Gasteiger partial charge on any atom is -0.394 e. The fourth-order valence-electron chi connectivity index (χ4n) is 10.3. The number of hydrazine groups is 1. The predicted octanol–water partition coefficient (Wildman–Crippen LogP) is 0.441. The summed E-state index contributed by atoms with van der Waals surface area (Å²) in [6, 6.07) is 7.80. The number of nitrogens with zero attached hydrogens (tertiary/aromatic N) is 6. The van der Waals surface area contributed by atoms with Gasteiger partial charge in [-0.25, -0.2) is 5.43 Å². The number of benzene rings is 2. The number of carbonyl (C=O) groups excluding carboxylic acids is 8. The number of fused-ring (bicyclic) bond motifs is 1. The van der Waals surface area contributed by atoms with Crippen LogP contribution in [0.4, 0.5) is 0 Å². The lowest BCUT2D eigenvalue weighted by Gasteiger charge is -2.45. The van der Waals surface area contributed by atoms with E-state index >= 15 is 0 Å². The normalized spacial score (nSPS) is 28.8. The first-order valence-corrected chi connectivity index (χ1v) is 27.8. The summed E-state index contributed by atoms with van der Waals surface area (Å²) in [6.45, 7) is 13.4. The Bertz CT molecular complexity index is 2350. The number of carbonyl (C=O) groups is 8. The molecule has 2 aromatic rings.